The van der Waals surface area contributed by atoms with Crippen LogP contribution in [0.3, 0.4) is 0 Å². The number of likely N-dealkylation sites (N-methyl/N-ethyl adjacent to an activating group) is 1. The van der Waals surface area contributed by atoms with Gasteiger partial charge in [-0.05, 0) is 29.8 Å². The standard InChI is InChI=1S/C16H18FN3/c1-19-8-9-20(16-5-3-2-4-15(16)19)11-12-6-7-13(17)10-14(12)18/h2-7,10H,8-9,11,18H2,1H3. The van der Waals surface area contributed by atoms with Crippen molar-refractivity contribution in [2.75, 3.05) is 35.7 Å². The number of benzene rings is 2. The van der Waals surface area contributed by atoms with Crippen molar-refractivity contribution in [3.05, 3.63) is 53.8 Å². The van der Waals surface area contributed by atoms with Gasteiger partial charge in [0, 0.05) is 32.4 Å². The van der Waals surface area contributed by atoms with Crippen molar-refractivity contribution in [2.24, 2.45) is 0 Å². The molecule has 2 aromatic rings. The van der Waals surface area contributed by atoms with Crippen LogP contribution in [0.15, 0.2) is 42.5 Å². The summed E-state index contributed by atoms with van der Waals surface area (Å²) in [5, 5.41) is 0. The molecule has 0 radical (unpaired) electrons. The molecule has 3 nitrogen and oxygen atoms in total. The van der Waals surface area contributed by atoms with Crippen LogP contribution in [0.1, 0.15) is 5.56 Å². The molecule has 3 rings (SSSR count). The molecule has 0 spiro atoms. The maximum atomic E-state index is 13.1. The fraction of sp³-hybridized carbons (Fsp3) is 0.250. The van der Waals surface area contributed by atoms with E-state index in [0.29, 0.717) is 12.2 Å². The van der Waals surface area contributed by atoms with Crippen molar-refractivity contribution in [1.29, 1.82) is 0 Å². The molecule has 1 aliphatic heterocycles. The van der Waals surface area contributed by atoms with Crippen molar-refractivity contribution >= 4 is 17.1 Å². The van der Waals surface area contributed by atoms with Gasteiger partial charge in [0.05, 0.1) is 11.4 Å². The molecule has 0 aromatic heterocycles. The molecule has 0 saturated heterocycles. The average Bonchev–Trinajstić information content (AvgIpc) is 2.45. The minimum Gasteiger partial charge on any atom is -0.398 e. The SMILES string of the molecule is CN1CCN(Cc2ccc(F)cc2N)c2ccccc21. The van der Waals surface area contributed by atoms with E-state index in [1.165, 1.54) is 23.5 Å². The van der Waals surface area contributed by atoms with Crippen LogP contribution in [-0.4, -0.2) is 20.1 Å². The zero-order valence-electron chi connectivity index (χ0n) is 11.5. The third kappa shape index (κ3) is 2.29. The summed E-state index contributed by atoms with van der Waals surface area (Å²) in [6.45, 7) is 2.61. The number of nitrogen functional groups attached to an aromatic ring is 1. The quantitative estimate of drug-likeness (QED) is 0.852. The van der Waals surface area contributed by atoms with Crippen LogP contribution in [0.4, 0.5) is 21.5 Å². The highest BCUT2D eigenvalue weighted by Gasteiger charge is 2.20. The second-order valence-corrected chi connectivity index (χ2v) is 5.17. The van der Waals surface area contributed by atoms with E-state index < -0.39 is 0 Å². The maximum Gasteiger partial charge on any atom is 0.125 e. The molecule has 1 heterocycles. The summed E-state index contributed by atoms with van der Waals surface area (Å²) in [6, 6.07) is 12.9. The Kier molecular flexibility index (Phi) is 3.22. The zero-order valence-corrected chi connectivity index (χ0v) is 11.5. The highest BCUT2D eigenvalue weighted by atomic mass is 19.1. The number of hydrogen-bond donors (Lipinski definition) is 1. The number of nitrogens with zero attached hydrogens (tertiary/aromatic N) is 2. The van der Waals surface area contributed by atoms with Crippen molar-refractivity contribution < 1.29 is 4.39 Å². The van der Waals surface area contributed by atoms with Crippen LogP contribution in [0, 0.1) is 5.82 Å². The largest absolute Gasteiger partial charge is 0.398 e. The fourth-order valence-corrected chi connectivity index (χ4v) is 2.65. The lowest BCUT2D eigenvalue weighted by Crippen LogP contribution is -2.38. The van der Waals surface area contributed by atoms with Gasteiger partial charge in [0.2, 0.25) is 0 Å². The second kappa shape index (κ2) is 5.04. The molecule has 0 amide bonds. The summed E-state index contributed by atoms with van der Waals surface area (Å²) < 4.78 is 13.1. The van der Waals surface area contributed by atoms with E-state index in [-0.39, 0.29) is 5.82 Å². The van der Waals surface area contributed by atoms with E-state index in [1.54, 1.807) is 6.07 Å². The predicted molar refractivity (Wildman–Crippen MR) is 81.6 cm³/mol. The van der Waals surface area contributed by atoms with Crippen molar-refractivity contribution in [1.82, 2.24) is 0 Å². The number of fused-ring (bicyclic) bond motifs is 1. The van der Waals surface area contributed by atoms with Gasteiger partial charge in [-0.2, -0.15) is 0 Å². The fourth-order valence-electron chi connectivity index (χ4n) is 2.65. The monoisotopic (exact) mass is 271 g/mol. The van der Waals surface area contributed by atoms with Crippen LogP contribution in [0.25, 0.3) is 0 Å². The Morgan fingerprint density at radius 1 is 1.10 bits per heavy atom. The molecular weight excluding hydrogens is 253 g/mol. The number of rotatable bonds is 2. The molecule has 0 atom stereocenters. The first-order chi connectivity index (χ1) is 9.65. The molecule has 2 N–H and O–H groups in total. The third-order valence-electron chi connectivity index (χ3n) is 3.81. The Bertz CT molecular complexity index is 627. The Labute approximate surface area is 118 Å². The Balaban J connectivity index is 1.90. The molecule has 0 unspecified atom stereocenters. The summed E-state index contributed by atoms with van der Waals surface area (Å²) in [6.07, 6.45) is 0. The smallest absolute Gasteiger partial charge is 0.125 e. The summed E-state index contributed by atoms with van der Waals surface area (Å²) in [7, 11) is 2.10. The molecular formula is C16H18FN3. The predicted octanol–water partition coefficient (Wildman–Crippen LogP) is 2.86. The lowest BCUT2D eigenvalue weighted by molar-refractivity contribution is 0.627. The summed E-state index contributed by atoms with van der Waals surface area (Å²) in [5.74, 6) is -0.287. The van der Waals surface area contributed by atoms with Gasteiger partial charge < -0.3 is 15.5 Å². The van der Waals surface area contributed by atoms with Gasteiger partial charge in [-0.25, -0.2) is 4.39 Å². The molecule has 0 saturated carbocycles. The Hall–Kier alpha value is -2.23. The first-order valence-corrected chi connectivity index (χ1v) is 6.74. The molecule has 1 aliphatic rings. The van der Waals surface area contributed by atoms with E-state index in [9.17, 15) is 4.39 Å². The number of halogens is 1. The van der Waals surface area contributed by atoms with Gasteiger partial charge in [-0.3, -0.25) is 0 Å². The van der Waals surface area contributed by atoms with Crippen LogP contribution < -0.4 is 15.5 Å². The van der Waals surface area contributed by atoms with Crippen LogP contribution in [0.2, 0.25) is 0 Å². The van der Waals surface area contributed by atoms with Crippen LogP contribution in [-0.2, 0) is 6.54 Å². The van der Waals surface area contributed by atoms with Gasteiger partial charge >= 0.3 is 0 Å². The van der Waals surface area contributed by atoms with E-state index in [4.69, 9.17) is 5.73 Å². The van der Waals surface area contributed by atoms with Gasteiger partial charge in [0.15, 0.2) is 0 Å². The minimum absolute atomic E-state index is 0.287. The molecule has 0 bridgehead atoms. The number of anilines is 3. The van der Waals surface area contributed by atoms with E-state index in [2.05, 4.69) is 29.0 Å². The minimum atomic E-state index is -0.287. The van der Waals surface area contributed by atoms with Crippen molar-refractivity contribution in [3.8, 4) is 0 Å². The number of hydrogen-bond acceptors (Lipinski definition) is 3. The molecule has 2 aromatic carbocycles. The molecule has 104 valence electrons. The summed E-state index contributed by atoms with van der Waals surface area (Å²) >= 11 is 0. The average molecular weight is 271 g/mol. The number of para-hydroxylation sites is 2. The Morgan fingerprint density at radius 2 is 1.85 bits per heavy atom. The maximum absolute atomic E-state index is 13.1. The van der Waals surface area contributed by atoms with Crippen LogP contribution in [0.5, 0.6) is 0 Å². The van der Waals surface area contributed by atoms with Gasteiger partial charge in [-0.1, -0.05) is 18.2 Å². The second-order valence-electron chi connectivity index (χ2n) is 5.17. The van der Waals surface area contributed by atoms with E-state index in [1.807, 2.05) is 12.1 Å². The molecule has 20 heavy (non-hydrogen) atoms. The van der Waals surface area contributed by atoms with Crippen molar-refractivity contribution in [3.63, 3.8) is 0 Å². The van der Waals surface area contributed by atoms with Gasteiger partial charge in [0.25, 0.3) is 0 Å². The summed E-state index contributed by atoms with van der Waals surface area (Å²) in [4.78, 5) is 4.54. The first-order valence-electron chi connectivity index (χ1n) is 6.74. The van der Waals surface area contributed by atoms with E-state index >= 15 is 0 Å². The third-order valence-corrected chi connectivity index (χ3v) is 3.81. The topological polar surface area (TPSA) is 32.5 Å². The van der Waals surface area contributed by atoms with Crippen LogP contribution >= 0.6 is 0 Å². The Morgan fingerprint density at radius 3 is 2.60 bits per heavy atom. The molecule has 0 aliphatic carbocycles. The first kappa shape index (κ1) is 12.8. The number of nitrogens with two attached hydrogens (primary N) is 1. The molecule has 4 heteroatoms. The zero-order chi connectivity index (χ0) is 14.1. The normalized spacial score (nSPS) is 14.3. The van der Waals surface area contributed by atoms with Gasteiger partial charge in [-0.15, -0.1) is 0 Å². The highest BCUT2D eigenvalue weighted by Crippen LogP contribution is 2.33. The lowest BCUT2D eigenvalue weighted by atomic mass is 10.1. The summed E-state index contributed by atoms with van der Waals surface area (Å²) in [5.41, 5.74) is 9.81. The molecule has 0 fully saturated rings. The van der Waals surface area contributed by atoms with E-state index in [0.717, 1.165) is 18.7 Å². The van der Waals surface area contributed by atoms with Gasteiger partial charge in [0.1, 0.15) is 5.82 Å². The van der Waals surface area contributed by atoms with Crippen molar-refractivity contribution in [2.45, 2.75) is 6.54 Å². The highest BCUT2D eigenvalue weighted by molar-refractivity contribution is 5.73. The lowest BCUT2D eigenvalue weighted by Gasteiger charge is -2.37.